The van der Waals surface area contributed by atoms with E-state index < -0.39 is 5.97 Å². The molecule has 5 heteroatoms. The van der Waals surface area contributed by atoms with E-state index in [-0.39, 0.29) is 24.5 Å². The highest BCUT2D eigenvalue weighted by atomic mass is 16.4. The van der Waals surface area contributed by atoms with Crippen molar-refractivity contribution in [2.45, 2.75) is 70.4 Å². The molecule has 0 spiro atoms. The fraction of sp³-hybridized carbons (Fsp3) is 0.875. The largest absolute Gasteiger partial charge is 0.480 e. The van der Waals surface area contributed by atoms with Crippen LogP contribution in [0.15, 0.2) is 0 Å². The highest BCUT2D eigenvalue weighted by Crippen LogP contribution is 2.26. The van der Waals surface area contributed by atoms with Crippen molar-refractivity contribution in [3.8, 4) is 0 Å². The molecule has 21 heavy (non-hydrogen) atoms. The van der Waals surface area contributed by atoms with Crippen LogP contribution < -0.4 is 0 Å². The Kier molecular flexibility index (Phi) is 6.03. The summed E-state index contributed by atoms with van der Waals surface area (Å²) in [5.74, 6) is -0.720. The maximum Gasteiger partial charge on any atom is 0.317 e. The van der Waals surface area contributed by atoms with E-state index in [2.05, 4.69) is 0 Å². The highest BCUT2D eigenvalue weighted by molar-refractivity contribution is 5.82. The van der Waals surface area contributed by atoms with Gasteiger partial charge in [-0.1, -0.05) is 25.7 Å². The van der Waals surface area contributed by atoms with Crippen molar-refractivity contribution in [3.63, 3.8) is 0 Å². The highest BCUT2D eigenvalue weighted by Gasteiger charge is 2.33. The normalized spacial score (nSPS) is 22.3. The zero-order chi connectivity index (χ0) is 15.2. The van der Waals surface area contributed by atoms with Crippen molar-refractivity contribution in [3.05, 3.63) is 0 Å². The van der Waals surface area contributed by atoms with Gasteiger partial charge in [-0.2, -0.15) is 0 Å². The number of carbonyl (C=O) groups is 2. The van der Waals surface area contributed by atoms with Gasteiger partial charge in [-0.05, 0) is 32.6 Å². The van der Waals surface area contributed by atoms with Gasteiger partial charge in [0.05, 0.1) is 12.6 Å². The SMILES string of the molecule is CC(C(=O)N1CCCCCC1)N(CC(=O)O)C1CCCC1. The Balaban J connectivity index is 2.02. The second-order valence-corrected chi connectivity index (χ2v) is 6.42. The number of aliphatic carboxylic acids is 1. The van der Waals surface area contributed by atoms with Gasteiger partial charge in [-0.15, -0.1) is 0 Å². The molecule has 0 bridgehead atoms. The number of carboxylic acids is 1. The van der Waals surface area contributed by atoms with Crippen molar-refractivity contribution < 1.29 is 14.7 Å². The summed E-state index contributed by atoms with van der Waals surface area (Å²) in [4.78, 5) is 27.7. The van der Waals surface area contributed by atoms with Crippen LogP contribution in [0.4, 0.5) is 0 Å². The van der Waals surface area contributed by atoms with Crippen LogP contribution in [0.3, 0.4) is 0 Å². The number of hydrogen-bond acceptors (Lipinski definition) is 3. The fourth-order valence-corrected chi connectivity index (χ4v) is 3.67. The minimum absolute atomic E-state index is 0.0224. The quantitative estimate of drug-likeness (QED) is 0.844. The number of carboxylic acid groups (broad SMARTS) is 1. The Bertz CT molecular complexity index is 359. The second kappa shape index (κ2) is 7.78. The van der Waals surface area contributed by atoms with E-state index in [1.165, 1.54) is 12.8 Å². The van der Waals surface area contributed by atoms with Crippen molar-refractivity contribution in [1.29, 1.82) is 0 Å². The van der Waals surface area contributed by atoms with Crippen LogP contribution in [0.1, 0.15) is 58.3 Å². The summed E-state index contributed by atoms with van der Waals surface area (Å²) in [7, 11) is 0. The monoisotopic (exact) mass is 296 g/mol. The third-order valence-electron chi connectivity index (χ3n) is 4.88. The van der Waals surface area contributed by atoms with E-state index in [0.29, 0.717) is 0 Å². The molecule has 0 aromatic heterocycles. The number of hydrogen-bond donors (Lipinski definition) is 1. The number of rotatable bonds is 5. The maximum absolute atomic E-state index is 12.7. The van der Waals surface area contributed by atoms with E-state index in [4.69, 9.17) is 5.11 Å². The zero-order valence-electron chi connectivity index (χ0n) is 13.1. The molecule has 2 fully saturated rings. The Morgan fingerprint density at radius 3 is 2.19 bits per heavy atom. The van der Waals surface area contributed by atoms with Crippen molar-refractivity contribution in [1.82, 2.24) is 9.80 Å². The van der Waals surface area contributed by atoms with E-state index in [1.54, 1.807) is 0 Å². The molecule has 1 amide bonds. The first kappa shape index (κ1) is 16.3. The molecule has 5 nitrogen and oxygen atoms in total. The fourth-order valence-electron chi connectivity index (χ4n) is 3.67. The van der Waals surface area contributed by atoms with Gasteiger partial charge in [-0.3, -0.25) is 14.5 Å². The van der Waals surface area contributed by atoms with Crippen molar-refractivity contribution in [2.24, 2.45) is 0 Å². The first-order chi connectivity index (χ1) is 10.1. The van der Waals surface area contributed by atoms with Crippen LogP contribution in [-0.2, 0) is 9.59 Å². The average molecular weight is 296 g/mol. The third kappa shape index (κ3) is 4.43. The maximum atomic E-state index is 12.7. The van der Waals surface area contributed by atoms with E-state index in [0.717, 1.165) is 51.6 Å². The molecule has 1 atom stereocenters. The lowest BCUT2D eigenvalue weighted by Gasteiger charge is -2.35. The molecule has 1 aliphatic heterocycles. The molecule has 1 saturated heterocycles. The molecule has 0 aromatic rings. The molecular weight excluding hydrogens is 268 g/mol. The van der Waals surface area contributed by atoms with E-state index in [1.807, 2.05) is 16.7 Å². The summed E-state index contributed by atoms with van der Waals surface area (Å²) in [6.45, 7) is 3.52. The Labute approximate surface area is 127 Å². The van der Waals surface area contributed by atoms with Crippen LogP contribution in [0.2, 0.25) is 0 Å². The molecule has 0 radical (unpaired) electrons. The summed E-state index contributed by atoms with van der Waals surface area (Å²) in [6.07, 6.45) is 8.85. The van der Waals surface area contributed by atoms with E-state index in [9.17, 15) is 9.59 Å². The van der Waals surface area contributed by atoms with Crippen LogP contribution in [0, 0.1) is 0 Å². The van der Waals surface area contributed by atoms with Gasteiger partial charge in [0.2, 0.25) is 5.91 Å². The van der Waals surface area contributed by atoms with Crippen molar-refractivity contribution >= 4 is 11.9 Å². The number of amides is 1. The third-order valence-corrected chi connectivity index (χ3v) is 4.88. The molecule has 2 aliphatic rings. The molecule has 1 heterocycles. The summed E-state index contributed by atoms with van der Waals surface area (Å²) < 4.78 is 0. The molecule has 120 valence electrons. The minimum Gasteiger partial charge on any atom is -0.480 e. The topological polar surface area (TPSA) is 60.9 Å². The number of nitrogens with zero attached hydrogens (tertiary/aromatic N) is 2. The second-order valence-electron chi connectivity index (χ2n) is 6.42. The van der Waals surface area contributed by atoms with E-state index >= 15 is 0 Å². The molecule has 1 unspecified atom stereocenters. The Hall–Kier alpha value is -1.10. The van der Waals surface area contributed by atoms with Gasteiger partial charge in [-0.25, -0.2) is 0 Å². The summed E-state index contributed by atoms with van der Waals surface area (Å²) in [5, 5.41) is 9.16. The van der Waals surface area contributed by atoms with Crippen LogP contribution in [0.5, 0.6) is 0 Å². The molecule has 1 aliphatic carbocycles. The summed E-state index contributed by atoms with van der Waals surface area (Å²) in [5.41, 5.74) is 0. The van der Waals surface area contributed by atoms with Gasteiger partial charge >= 0.3 is 5.97 Å². The predicted octanol–water partition coefficient (Wildman–Crippen LogP) is 2.11. The van der Waals surface area contributed by atoms with Crippen LogP contribution in [-0.4, -0.2) is 58.5 Å². The van der Waals surface area contributed by atoms with Crippen molar-refractivity contribution in [2.75, 3.05) is 19.6 Å². The Morgan fingerprint density at radius 2 is 1.67 bits per heavy atom. The average Bonchev–Trinajstić information content (AvgIpc) is 2.85. The lowest BCUT2D eigenvalue weighted by Crippen LogP contribution is -2.52. The number of carbonyl (C=O) groups excluding carboxylic acids is 1. The summed E-state index contributed by atoms with van der Waals surface area (Å²) >= 11 is 0. The lowest BCUT2D eigenvalue weighted by atomic mass is 10.1. The van der Waals surface area contributed by atoms with Gasteiger partial charge in [0, 0.05) is 19.1 Å². The summed E-state index contributed by atoms with van der Waals surface area (Å²) in [6, 6.07) is -0.0608. The smallest absolute Gasteiger partial charge is 0.317 e. The minimum atomic E-state index is -0.836. The standard InChI is InChI=1S/C16H28N2O3/c1-13(16(21)17-10-6-2-3-7-11-17)18(12-15(19)20)14-8-4-5-9-14/h13-14H,2-12H2,1H3,(H,19,20). The van der Waals surface area contributed by atoms with Gasteiger partial charge in [0.15, 0.2) is 0 Å². The molecule has 2 rings (SSSR count). The van der Waals surface area contributed by atoms with Crippen LogP contribution in [0.25, 0.3) is 0 Å². The lowest BCUT2D eigenvalue weighted by molar-refractivity contribution is -0.143. The molecule has 0 aromatic carbocycles. The molecular formula is C16H28N2O3. The predicted molar refractivity (Wildman–Crippen MR) is 81.1 cm³/mol. The molecule has 1 N–H and O–H groups in total. The van der Waals surface area contributed by atoms with Crippen LogP contribution >= 0.6 is 0 Å². The molecule has 1 saturated carbocycles. The first-order valence-corrected chi connectivity index (χ1v) is 8.36. The zero-order valence-corrected chi connectivity index (χ0v) is 13.1. The Morgan fingerprint density at radius 1 is 1.10 bits per heavy atom. The van der Waals surface area contributed by atoms with Gasteiger partial charge < -0.3 is 10.0 Å². The van der Waals surface area contributed by atoms with Gasteiger partial charge in [0.1, 0.15) is 0 Å². The number of likely N-dealkylation sites (tertiary alicyclic amines) is 1. The van der Waals surface area contributed by atoms with Gasteiger partial charge in [0.25, 0.3) is 0 Å². The first-order valence-electron chi connectivity index (χ1n) is 8.36.